The maximum atomic E-state index is 13.3. The lowest BCUT2D eigenvalue weighted by atomic mass is 10.1. The van der Waals surface area contributed by atoms with Crippen LogP contribution in [0.5, 0.6) is 0 Å². The lowest BCUT2D eigenvalue weighted by Crippen LogP contribution is -2.45. The van der Waals surface area contributed by atoms with Crippen LogP contribution < -0.4 is 0 Å². The highest BCUT2D eigenvalue weighted by Crippen LogP contribution is 2.25. The Morgan fingerprint density at radius 1 is 1.50 bits per heavy atom. The highest BCUT2D eigenvalue weighted by atomic mass is 35.5. The van der Waals surface area contributed by atoms with Crippen molar-refractivity contribution in [1.82, 2.24) is 14.8 Å². The van der Waals surface area contributed by atoms with E-state index in [1.54, 1.807) is 14.1 Å². The largest absolute Gasteiger partial charge is 0.347 e. The molecule has 1 aromatic rings. The van der Waals surface area contributed by atoms with E-state index in [-0.39, 0.29) is 16.5 Å². The summed E-state index contributed by atoms with van der Waals surface area (Å²) in [5.74, 6) is -1.46. The molecule has 108 valence electrons. The number of nitrogens with zero attached hydrogens (tertiary/aromatic N) is 3. The molecule has 1 aliphatic heterocycles. The average molecular weight is 300 g/mol. The predicted molar refractivity (Wildman–Crippen MR) is 72.0 cm³/mol. The number of amides is 2. The summed E-state index contributed by atoms with van der Waals surface area (Å²) in [6.45, 7) is 0.462. The van der Waals surface area contributed by atoms with E-state index in [1.165, 1.54) is 22.1 Å². The monoisotopic (exact) mass is 299 g/mol. The SMILES string of the molecule is CN(C)C(=O)C1CCCN1C(=O)c1ccnc(F)c1Cl. The molecule has 1 unspecified atom stereocenters. The van der Waals surface area contributed by atoms with Gasteiger partial charge in [-0.3, -0.25) is 9.59 Å². The summed E-state index contributed by atoms with van der Waals surface area (Å²) in [5, 5.41) is -0.305. The van der Waals surface area contributed by atoms with Crippen LogP contribution in [0.2, 0.25) is 5.02 Å². The summed E-state index contributed by atoms with van der Waals surface area (Å²) >= 11 is 5.78. The zero-order chi connectivity index (χ0) is 14.9. The van der Waals surface area contributed by atoms with Gasteiger partial charge in [-0.25, -0.2) is 4.98 Å². The number of carbonyl (C=O) groups excluding carboxylic acids is 2. The van der Waals surface area contributed by atoms with Crippen LogP contribution in [0.25, 0.3) is 0 Å². The van der Waals surface area contributed by atoms with Crippen LogP contribution in [-0.2, 0) is 4.79 Å². The molecule has 20 heavy (non-hydrogen) atoms. The maximum absolute atomic E-state index is 13.3. The van der Waals surface area contributed by atoms with Crippen LogP contribution in [0, 0.1) is 5.95 Å². The second-order valence-corrected chi connectivity index (χ2v) is 5.23. The zero-order valence-electron chi connectivity index (χ0n) is 11.3. The molecule has 0 radical (unpaired) electrons. The molecule has 1 saturated heterocycles. The van der Waals surface area contributed by atoms with E-state index in [0.29, 0.717) is 13.0 Å². The van der Waals surface area contributed by atoms with Crippen molar-refractivity contribution >= 4 is 23.4 Å². The number of rotatable bonds is 2. The number of halogens is 2. The van der Waals surface area contributed by atoms with Gasteiger partial charge >= 0.3 is 0 Å². The Kier molecular flexibility index (Phi) is 4.23. The summed E-state index contributed by atoms with van der Waals surface area (Å²) < 4.78 is 13.3. The number of likely N-dealkylation sites (tertiary alicyclic amines) is 1. The average Bonchev–Trinajstić information content (AvgIpc) is 2.89. The molecular formula is C13H15ClFN3O2. The van der Waals surface area contributed by atoms with E-state index < -0.39 is 17.9 Å². The standard InChI is InChI=1S/C13H15ClFN3O2/c1-17(2)13(20)9-4-3-7-18(9)12(19)8-5-6-16-11(15)10(8)14/h5-6,9H,3-4,7H2,1-2H3. The molecule has 0 bridgehead atoms. The molecule has 0 aliphatic carbocycles. The summed E-state index contributed by atoms with van der Waals surface area (Å²) in [5.41, 5.74) is 0.0395. The van der Waals surface area contributed by atoms with Crippen LogP contribution in [-0.4, -0.2) is 53.3 Å². The van der Waals surface area contributed by atoms with Gasteiger partial charge in [0.15, 0.2) is 0 Å². The molecule has 2 amide bonds. The molecule has 2 rings (SSSR count). The van der Waals surface area contributed by atoms with Gasteiger partial charge in [0, 0.05) is 26.8 Å². The smallest absolute Gasteiger partial charge is 0.256 e. The third-order valence-electron chi connectivity index (χ3n) is 3.32. The van der Waals surface area contributed by atoms with Crippen molar-refractivity contribution in [1.29, 1.82) is 0 Å². The first-order chi connectivity index (χ1) is 9.43. The lowest BCUT2D eigenvalue weighted by molar-refractivity contribution is -0.132. The van der Waals surface area contributed by atoms with Gasteiger partial charge in [0.25, 0.3) is 5.91 Å². The zero-order valence-corrected chi connectivity index (χ0v) is 12.0. The Morgan fingerprint density at radius 3 is 2.85 bits per heavy atom. The van der Waals surface area contributed by atoms with E-state index in [2.05, 4.69) is 4.98 Å². The van der Waals surface area contributed by atoms with Gasteiger partial charge in [-0.05, 0) is 18.9 Å². The van der Waals surface area contributed by atoms with E-state index in [1.807, 2.05) is 0 Å². The molecule has 5 nitrogen and oxygen atoms in total. The van der Waals surface area contributed by atoms with Crippen molar-refractivity contribution in [3.8, 4) is 0 Å². The fourth-order valence-corrected chi connectivity index (χ4v) is 2.50. The van der Waals surface area contributed by atoms with Gasteiger partial charge in [-0.15, -0.1) is 0 Å². The van der Waals surface area contributed by atoms with E-state index in [4.69, 9.17) is 11.6 Å². The lowest BCUT2D eigenvalue weighted by Gasteiger charge is -2.26. The first-order valence-corrected chi connectivity index (χ1v) is 6.63. The molecule has 0 spiro atoms. The predicted octanol–water partition coefficient (Wildman–Crippen LogP) is 1.57. The Bertz CT molecular complexity index is 550. The summed E-state index contributed by atoms with van der Waals surface area (Å²) in [4.78, 5) is 30.8. The normalized spacial score (nSPS) is 18.2. The highest BCUT2D eigenvalue weighted by Gasteiger charge is 2.36. The van der Waals surface area contributed by atoms with E-state index in [0.717, 1.165) is 6.42 Å². The fraction of sp³-hybridized carbons (Fsp3) is 0.462. The molecular weight excluding hydrogens is 285 g/mol. The first kappa shape index (κ1) is 14.7. The molecule has 1 atom stereocenters. The third kappa shape index (κ3) is 2.60. The van der Waals surface area contributed by atoms with Gasteiger partial charge in [0.05, 0.1) is 5.56 Å². The Morgan fingerprint density at radius 2 is 2.20 bits per heavy atom. The van der Waals surface area contributed by atoms with Crippen molar-refractivity contribution in [2.75, 3.05) is 20.6 Å². The van der Waals surface area contributed by atoms with Gasteiger partial charge < -0.3 is 9.80 Å². The van der Waals surface area contributed by atoms with Crippen LogP contribution in [0.4, 0.5) is 4.39 Å². The van der Waals surface area contributed by atoms with E-state index >= 15 is 0 Å². The van der Waals surface area contributed by atoms with Gasteiger partial charge in [-0.1, -0.05) is 11.6 Å². The third-order valence-corrected chi connectivity index (χ3v) is 3.68. The van der Waals surface area contributed by atoms with E-state index in [9.17, 15) is 14.0 Å². The minimum Gasteiger partial charge on any atom is -0.347 e. The summed E-state index contributed by atoms with van der Waals surface area (Å²) in [6, 6.07) is 0.855. The number of aromatic nitrogens is 1. The number of carbonyl (C=O) groups is 2. The Hall–Kier alpha value is -1.69. The summed E-state index contributed by atoms with van der Waals surface area (Å²) in [6.07, 6.45) is 2.53. The molecule has 1 aliphatic rings. The summed E-state index contributed by atoms with van der Waals surface area (Å²) in [7, 11) is 3.28. The van der Waals surface area contributed by atoms with Crippen molar-refractivity contribution in [2.24, 2.45) is 0 Å². The number of hydrogen-bond donors (Lipinski definition) is 0. The topological polar surface area (TPSA) is 53.5 Å². The second-order valence-electron chi connectivity index (χ2n) is 4.85. The number of hydrogen-bond acceptors (Lipinski definition) is 3. The Labute approximate surface area is 121 Å². The molecule has 7 heteroatoms. The Balaban J connectivity index is 2.28. The molecule has 0 N–H and O–H groups in total. The van der Waals surface area contributed by atoms with Crippen LogP contribution in [0.15, 0.2) is 12.3 Å². The highest BCUT2D eigenvalue weighted by molar-refractivity contribution is 6.33. The molecule has 1 aromatic heterocycles. The maximum Gasteiger partial charge on any atom is 0.256 e. The molecule has 0 saturated carbocycles. The molecule has 2 heterocycles. The quantitative estimate of drug-likeness (QED) is 0.779. The minimum absolute atomic E-state index is 0.0395. The minimum atomic E-state index is -0.882. The van der Waals surface area contributed by atoms with Crippen molar-refractivity contribution < 1.29 is 14.0 Å². The van der Waals surface area contributed by atoms with Gasteiger partial charge in [0.2, 0.25) is 11.9 Å². The molecule has 0 aromatic carbocycles. The number of likely N-dealkylation sites (N-methyl/N-ethyl adjacent to an activating group) is 1. The molecule has 1 fully saturated rings. The van der Waals surface area contributed by atoms with Crippen molar-refractivity contribution in [2.45, 2.75) is 18.9 Å². The van der Waals surface area contributed by atoms with Crippen LogP contribution in [0.3, 0.4) is 0 Å². The van der Waals surface area contributed by atoms with Crippen LogP contribution >= 0.6 is 11.6 Å². The first-order valence-electron chi connectivity index (χ1n) is 6.25. The van der Waals surface area contributed by atoms with Crippen molar-refractivity contribution in [3.05, 3.63) is 28.8 Å². The fourth-order valence-electron chi connectivity index (χ4n) is 2.30. The number of pyridine rings is 1. The van der Waals surface area contributed by atoms with Gasteiger partial charge in [0.1, 0.15) is 11.1 Å². The second kappa shape index (κ2) is 5.75. The van der Waals surface area contributed by atoms with Crippen LogP contribution in [0.1, 0.15) is 23.2 Å². The van der Waals surface area contributed by atoms with Crippen molar-refractivity contribution in [3.63, 3.8) is 0 Å². The van der Waals surface area contributed by atoms with Gasteiger partial charge in [-0.2, -0.15) is 4.39 Å².